The second-order valence-corrected chi connectivity index (χ2v) is 4.76. The number of aromatic amines is 1. The fourth-order valence-corrected chi connectivity index (χ4v) is 1.86. The van der Waals surface area contributed by atoms with E-state index in [4.69, 9.17) is 4.74 Å². The lowest BCUT2D eigenvalue weighted by Crippen LogP contribution is -2.26. The highest BCUT2D eigenvalue weighted by Crippen LogP contribution is 2.11. The number of halogens is 1. The minimum atomic E-state index is -0.293. The van der Waals surface area contributed by atoms with Crippen LogP contribution in [0.4, 0.5) is 4.39 Å². The molecule has 0 saturated heterocycles. The lowest BCUT2D eigenvalue weighted by molar-refractivity contribution is -0.130. The maximum Gasteiger partial charge on any atom is 0.222 e. The lowest BCUT2D eigenvalue weighted by atomic mass is 10.2. The molecule has 21 heavy (non-hydrogen) atoms. The molecule has 112 valence electrons. The highest BCUT2D eigenvalue weighted by atomic mass is 19.1. The second kappa shape index (κ2) is 7.42. The summed E-state index contributed by atoms with van der Waals surface area (Å²) in [7, 11) is 1.76. The van der Waals surface area contributed by atoms with E-state index < -0.39 is 0 Å². The Kier molecular flexibility index (Phi) is 5.31. The first-order valence-electron chi connectivity index (χ1n) is 6.75. The lowest BCUT2D eigenvalue weighted by Gasteiger charge is -2.16. The maximum absolute atomic E-state index is 12.7. The third-order valence-electron chi connectivity index (χ3n) is 3.02. The summed E-state index contributed by atoms with van der Waals surface area (Å²) in [5, 5.41) is 6.55. The molecule has 0 aliphatic rings. The van der Waals surface area contributed by atoms with Gasteiger partial charge in [0, 0.05) is 31.8 Å². The molecule has 1 N–H and O–H groups in total. The number of amides is 1. The average molecular weight is 291 g/mol. The molecule has 5 nitrogen and oxygen atoms in total. The summed E-state index contributed by atoms with van der Waals surface area (Å²) in [6, 6.07) is 5.84. The van der Waals surface area contributed by atoms with Gasteiger partial charge in [-0.1, -0.05) is 0 Å². The van der Waals surface area contributed by atoms with Crippen molar-refractivity contribution in [3.8, 4) is 5.75 Å². The van der Waals surface area contributed by atoms with Gasteiger partial charge in [-0.15, -0.1) is 0 Å². The van der Waals surface area contributed by atoms with Crippen molar-refractivity contribution in [2.75, 3.05) is 13.7 Å². The van der Waals surface area contributed by atoms with Gasteiger partial charge in [-0.25, -0.2) is 4.39 Å². The van der Waals surface area contributed by atoms with E-state index in [0.29, 0.717) is 31.7 Å². The van der Waals surface area contributed by atoms with Crippen LogP contribution in [0.3, 0.4) is 0 Å². The molecule has 0 spiro atoms. The van der Waals surface area contributed by atoms with Gasteiger partial charge < -0.3 is 9.64 Å². The van der Waals surface area contributed by atoms with E-state index in [2.05, 4.69) is 10.2 Å². The molecule has 0 radical (unpaired) electrons. The number of carbonyl (C=O) groups is 1. The van der Waals surface area contributed by atoms with Crippen molar-refractivity contribution in [3.05, 3.63) is 48.0 Å². The van der Waals surface area contributed by atoms with Gasteiger partial charge in [0.1, 0.15) is 11.6 Å². The first-order chi connectivity index (χ1) is 10.1. The first kappa shape index (κ1) is 15.0. The van der Waals surface area contributed by atoms with Crippen LogP contribution in [0.15, 0.2) is 36.7 Å². The third-order valence-corrected chi connectivity index (χ3v) is 3.02. The number of ether oxygens (including phenoxy) is 1. The van der Waals surface area contributed by atoms with Crippen LogP contribution in [0.25, 0.3) is 0 Å². The van der Waals surface area contributed by atoms with E-state index in [-0.39, 0.29) is 11.7 Å². The van der Waals surface area contributed by atoms with Gasteiger partial charge in [0.2, 0.25) is 5.91 Å². The zero-order valence-electron chi connectivity index (χ0n) is 11.9. The number of H-pyrrole nitrogens is 1. The van der Waals surface area contributed by atoms with E-state index in [1.54, 1.807) is 36.5 Å². The van der Waals surface area contributed by atoms with Crippen LogP contribution in [0.1, 0.15) is 18.4 Å². The average Bonchev–Trinajstić information content (AvgIpc) is 2.98. The molecule has 0 fully saturated rings. The van der Waals surface area contributed by atoms with Crippen molar-refractivity contribution in [2.45, 2.75) is 19.4 Å². The van der Waals surface area contributed by atoms with Crippen molar-refractivity contribution < 1.29 is 13.9 Å². The van der Waals surface area contributed by atoms with Crippen molar-refractivity contribution in [2.24, 2.45) is 0 Å². The largest absolute Gasteiger partial charge is 0.494 e. The zero-order valence-corrected chi connectivity index (χ0v) is 11.9. The molecule has 0 aliphatic carbocycles. The Morgan fingerprint density at radius 2 is 2.14 bits per heavy atom. The molecule has 2 rings (SSSR count). The fourth-order valence-electron chi connectivity index (χ4n) is 1.86. The molecule has 2 aromatic rings. The van der Waals surface area contributed by atoms with E-state index in [1.807, 2.05) is 0 Å². The van der Waals surface area contributed by atoms with Crippen LogP contribution in [-0.4, -0.2) is 34.7 Å². The summed E-state index contributed by atoms with van der Waals surface area (Å²) in [4.78, 5) is 13.6. The third kappa shape index (κ3) is 4.91. The molecular weight excluding hydrogens is 273 g/mol. The predicted octanol–water partition coefficient (Wildman–Crippen LogP) is 2.37. The molecule has 0 atom stereocenters. The molecule has 0 aliphatic heterocycles. The number of hydrogen-bond donors (Lipinski definition) is 1. The van der Waals surface area contributed by atoms with Gasteiger partial charge in [0.05, 0.1) is 12.8 Å². The summed E-state index contributed by atoms with van der Waals surface area (Å²) in [6.45, 7) is 0.963. The number of nitrogens with one attached hydrogen (secondary N) is 1. The number of hydrogen-bond acceptors (Lipinski definition) is 3. The number of aromatic nitrogens is 2. The fraction of sp³-hybridized carbons (Fsp3) is 0.333. The number of nitrogens with zero attached hydrogens (tertiary/aromatic N) is 2. The zero-order chi connectivity index (χ0) is 15.1. The normalized spacial score (nSPS) is 10.4. The maximum atomic E-state index is 12.7. The number of benzene rings is 1. The SMILES string of the molecule is CN(Cc1cn[nH]c1)C(=O)CCCOc1ccc(F)cc1. The van der Waals surface area contributed by atoms with Crippen LogP contribution in [0.5, 0.6) is 5.75 Å². The Morgan fingerprint density at radius 3 is 2.81 bits per heavy atom. The molecule has 0 bridgehead atoms. The molecule has 1 aromatic heterocycles. The van der Waals surface area contributed by atoms with Crippen LogP contribution < -0.4 is 4.74 Å². The predicted molar refractivity (Wildman–Crippen MR) is 76.2 cm³/mol. The molecule has 1 amide bonds. The summed E-state index contributed by atoms with van der Waals surface area (Å²) in [5.74, 6) is 0.368. The van der Waals surface area contributed by atoms with Gasteiger partial charge >= 0.3 is 0 Å². The quantitative estimate of drug-likeness (QED) is 0.797. The van der Waals surface area contributed by atoms with Crippen molar-refractivity contribution in [1.82, 2.24) is 15.1 Å². The van der Waals surface area contributed by atoms with Crippen LogP contribution in [-0.2, 0) is 11.3 Å². The van der Waals surface area contributed by atoms with E-state index in [0.717, 1.165) is 5.56 Å². The standard InChI is InChI=1S/C15H18FN3O2/c1-19(11-12-9-17-18-10-12)15(20)3-2-8-21-14-6-4-13(16)5-7-14/h4-7,9-10H,2-3,8,11H2,1H3,(H,17,18). The smallest absolute Gasteiger partial charge is 0.222 e. The molecule has 6 heteroatoms. The van der Waals surface area contributed by atoms with E-state index >= 15 is 0 Å². The minimum absolute atomic E-state index is 0.0545. The topological polar surface area (TPSA) is 58.2 Å². The first-order valence-corrected chi connectivity index (χ1v) is 6.75. The molecule has 1 aromatic carbocycles. The number of carbonyl (C=O) groups excluding carboxylic acids is 1. The van der Waals surface area contributed by atoms with Crippen LogP contribution in [0.2, 0.25) is 0 Å². The Morgan fingerprint density at radius 1 is 1.38 bits per heavy atom. The Labute approximate surface area is 122 Å². The highest BCUT2D eigenvalue weighted by Gasteiger charge is 2.09. The summed E-state index contributed by atoms with van der Waals surface area (Å²) < 4.78 is 18.2. The Hall–Kier alpha value is -2.37. The Balaban J connectivity index is 1.65. The minimum Gasteiger partial charge on any atom is -0.494 e. The van der Waals surface area contributed by atoms with Crippen molar-refractivity contribution in [1.29, 1.82) is 0 Å². The Bertz CT molecular complexity index is 555. The van der Waals surface area contributed by atoms with Crippen molar-refractivity contribution >= 4 is 5.91 Å². The summed E-state index contributed by atoms with van der Waals surface area (Å²) >= 11 is 0. The van der Waals surface area contributed by atoms with E-state index in [1.165, 1.54) is 12.1 Å². The number of rotatable bonds is 7. The molecule has 0 unspecified atom stereocenters. The van der Waals surface area contributed by atoms with Gasteiger partial charge in [0.25, 0.3) is 0 Å². The highest BCUT2D eigenvalue weighted by molar-refractivity contribution is 5.75. The van der Waals surface area contributed by atoms with Gasteiger partial charge in [-0.3, -0.25) is 9.89 Å². The van der Waals surface area contributed by atoms with Gasteiger partial charge in [-0.2, -0.15) is 5.10 Å². The summed E-state index contributed by atoms with van der Waals surface area (Å²) in [6.07, 6.45) is 4.49. The molecular formula is C15H18FN3O2. The van der Waals surface area contributed by atoms with Crippen molar-refractivity contribution in [3.63, 3.8) is 0 Å². The summed E-state index contributed by atoms with van der Waals surface area (Å²) in [5.41, 5.74) is 0.966. The van der Waals surface area contributed by atoms with Crippen LogP contribution in [0, 0.1) is 5.82 Å². The van der Waals surface area contributed by atoms with Gasteiger partial charge in [-0.05, 0) is 30.7 Å². The molecule has 0 saturated carbocycles. The monoisotopic (exact) mass is 291 g/mol. The molecule has 1 heterocycles. The second-order valence-electron chi connectivity index (χ2n) is 4.76. The van der Waals surface area contributed by atoms with E-state index in [9.17, 15) is 9.18 Å². The van der Waals surface area contributed by atoms with Gasteiger partial charge in [0.15, 0.2) is 0 Å². The van der Waals surface area contributed by atoms with Crippen LogP contribution >= 0.6 is 0 Å².